The average molecular weight is 231 g/mol. The predicted molar refractivity (Wildman–Crippen MR) is 53.9 cm³/mol. The number of benzene rings is 1. The number of hydrogen-bond acceptors (Lipinski definition) is 2. The highest BCUT2D eigenvalue weighted by Crippen LogP contribution is 2.30. The topological polar surface area (TPSA) is 58.9 Å². The van der Waals surface area contributed by atoms with Crippen molar-refractivity contribution >= 4 is 28.2 Å². The van der Waals surface area contributed by atoms with Crippen molar-refractivity contribution in [2.75, 3.05) is 5.73 Å². The number of anilines is 1. The first kappa shape index (κ1) is 9.92. The Bertz CT molecular complexity index is 609. The lowest BCUT2D eigenvalue weighted by molar-refractivity contribution is 0.599. The second kappa shape index (κ2) is 3.20. The normalized spacial score (nSPS) is 10.9. The third kappa shape index (κ3) is 1.27. The van der Waals surface area contributed by atoms with Crippen molar-refractivity contribution < 1.29 is 8.78 Å². The maximum Gasteiger partial charge on any atom is 0.191 e. The van der Waals surface area contributed by atoms with E-state index in [9.17, 15) is 13.6 Å². The van der Waals surface area contributed by atoms with Gasteiger partial charge >= 0.3 is 0 Å². The lowest BCUT2D eigenvalue weighted by Crippen LogP contribution is -2.07. The molecule has 0 atom stereocenters. The van der Waals surface area contributed by atoms with Gasteiger partial charge in [-0.2, -0.15) is 0 Å². The summed E-state index contributed by atoms with van der Waals surface area (Å²) in [7, 11) is 0. The first-order valence-corrected chi connectivity index (χ1v) is 4.35. The predicted octanol–water partition coefficient (Wildman–Crippen LogP) is 2.04. The Labute approximate surface area is 87.5 Å². The van der Waals surface area contributed by atoms with Crippen LogP contribution in [-0.4, -0.2) is 4.98 Å². The fourth-order valence-electron chi connectivity index (χ4n) is 1.33. The van der Waals surface area contributed by atoms with Crippen LogP contribution in [0.15, 0.2) is 17.1 Å². The van der Waals surface area contributed by atoms with Crippen molar-refractivity contribution in [3.8, 4) is 0 Å². The summed E-state index contributed by atoms with van der Waals surface area (Å²) in [5.74, 6) is -2.12. The number of nitrogen functional groups attached to an aromatic ring is 1. The van der Waals surface area contributed by atoms with E-state index in [1.165, 1.54) is 6.20 Å². The lowest BCUT2D eigenvalue weighted by atomic mass is 10.1. The molecule has 0 aliphatic heterocycles. The van der Waals surface area contributed by atoms with Crippen LogP contribution in [0.2, 0.25) is 5.02 Å². The van der Waals surface area contributed by atoms with Gasteiger partial charge in [0.2, 0.25) is 0 Å². The van der Waals surface area contributed by atoms with Gasteiger partial charge in [-0.05, 0) is 0 Å². The van der Waals surface area contributed by atoms with E-state index in [-0.39, 0.29) is 10.9 Å². The quantitative estimate of drug-likeness (QED) is 0.538. The Hall–Kier alpha value is -1.62. The van der Waals surface area contributed by atoms with E-state index in [1.54, 1.807) is 0 Å². The van der Waals surface area contributed by atoms with E-state index < -0.39 is 27.8 Å². The van der Waals surface area contributed by atoms with Crippen LogP contribution in [0.5, 0.6) is 0 Å². The van der Waals surface area contributed by atoms with Crippen molar-refractivity contribution in [1.29, 1.82) is 0 Å². The summed E-state index contributed by atoms with van der Waals surface area (Å²) in [6.07, 6.45) is 1.24. The van der Waals surface area contributed by atoms with Gasteiger partial charge in [0.25, 0.3) is 0 Å². The number of nitrogens with two attached hydrogens (primary N) is 1. The van der Waals surface area contributed by atoms with E-state index in [0.29, 0.717) is 0 Å². The molecule has 1 aromatic carbocycles. The average Bonchev–Trinajstić information content (AvgIpc) is 2.23. The highest BCUT2D eigenvalue weighted by atomic mass is 35.5. The molecular formula is C9H5ClF2N2O. The summed E-state index contributed by atoms with van der Waals surface area (Å²) >= 11 is 5.57. The Morgan fingerprint density at radius 2 is 2.00 bits per heavy atom. The molecule has 0 fully saturated rings. The third-order valence-corrected chi connectivity index (χ3v) is 2.42. The van der Waals surface area contributed by atoms with Crippen LogP contribution in [0.4, 0.5) is 14.5 Å². The molecule has 0 saturated heterocycles. The van der Waals surface area contributed by atoms with E-state index >= 15 is 0 Å². The smallest absolute Gasteiger partial charge is 0.191 e. The monoisotopic (exact) mass is 230 g/mol. The van der Waals surface area contributed by atoms with Crippen LogP contribution < -0.4 is 11.2 Å². The van der Waals surface area contributed by atoms with E-state index in [2.05, 4.69) is 4.98 Å². The fraction of sp³-hybridized carbons (Fsp3) is 0. The maximum atomic E-state index is 13.4. The van der Waals surface area contributed by atoms with Gasteiger partial charge in [-0.15, -0.1) is 0 Å². The number of aromatic amines is 1. The summed E-state index contributed by atoms with van der Waals surface area (Å²) in [6, 6.07) is 1.13. The summed E-state index contributed by atoms with van der Waals surface area (Å²) in [6.45, 7) is 0. The zero-order valence-electron chi connectivity index (χ0n) is 7.27. The first-order chi connectivity index (χ1) is 7.04. The van der Waals surface area contributed by atoms with Gasteiger partial charge in [0.05, 0.1) is 15.9 Å². The molecule has 0 aliphatic rings. The molecule has 0 amide bonds. The number of rotatable bonds is 0. The lowest BCUT2D eigenvalue weighted by Gasteiger charge is -2.05. The molecule has 2 rings (SSSR count). The van der Waals surface area contributed by atoms with E-state index in [0.717, 1.165) is 6.07 Å². The number of aromatic nitrogens is 1. The van der Waals surface area contributed by atoms with Crippen molar-refractivity contribution in [1.82, 2.24) is 4.98 Å². The number of H-pyrrole nitrogens is 1. The molecule has 78 valence electrons. The summed E-state index contributed by atoms with van der Waals surface area (Å²) in [5, 5.41) is -0.700. The van der Waals surface area contributed by atoms with E-state index in [4.69, 9.17) is 17.3 Å². The van der Waals surface area contributed by atoms with Crippen LogP contribution in [0, 0.1) is 11.6 Å². The largest absolute Gasteiger partial charge is 0.394 e. The minimum absolute atomic E-state index is 0.189. The number of pyridine rings is 1. The molecule has 0 bridgehead atoms. The second-order valence-corrected chi connectivity index (χ2v) is 3.33. The molecule has 0 radical (unpaired) electrons. The van der Waals surface area contributed by atoms with Crippen LogP contribution >= 0.6 is 11.6 Å². The van der Waals surface area contributed by atoms with Crippen molar-refractivity contribution in [3.05, 3.63) is 39.1 Å². The van der Waals surface area contributed by atoms with Gasteiger partial charge in [-0.25, -0.2) is 8.78 Å². The van der Waals surface area contributed by atoms with Crippen molar-refractivity contribution in [2.45, 2.75) is 0 Å². The highest BCUT2D eigenvalue weighted by Gasteiger charge is 2.18. The zero-order chi connectivity index (χ0) is 11.2. The molecule has 1 heterocycles. The number of hydrogen-bond donors (Lipinski definition) is 2. The molecule has 0 unspecified atom stereocenters. The molecule has 3 nitrogen and oxygen atoms in total. The zero-order valence-corrected chi connectivity index (χ0v) is 8.03. The standard InChI is InChI=1S/C9H5ClF2N2O/c10-5-4-3(15)1-2-14-9(4)7(12)8(13)6(5)11/h1-2H,13H2,(H,14,15). The minimum Gasteiger partial charge on any atom is -0.394 e. The summed E-state index contributed by atoms with van der Waals surface area (Å²) < 4.78 is 26.7. The molecule has 0 saturated carbocycles. The Morgan fingerprint density at radius 1 is 1.33 bits per heavy atom. The third-order valence-electron chi connectivity index (χ3n) is 2.06. The molecule has 2 aromatic rings. The van der Waals surface area contributed by atoms with Crippen molar-refractivity contribution in [2.24, 2.45) is 0 Å². The van der Waals surface area contributed by atoms with Gasteiger partial charge in [-0.3, -0.25) is 4.79 Å². The van der Waals surface area contributed by atoms with Crippen LogP contribution in [-0.2, 0) is 0 Å². The number of fused-ring (bicyclic) bond motifs is 1. The van der Waals surface area contributed by atoms with Crippen molar-refractivity contribution in [3.63, 3.8) is 0 Å². The van der Waals surface area contributed by atoms with Crippen LogP contribution in [0.3, 0.4) is 0 Å². The summed E-state index contributed by atoms with van der Waals surface area (Å²) in [4.78, 5) is 13.8. The summed E-state index contributed by atoms with van der Waals surface area (Å²) in [5.41, 5.74) is 3.69. The van der Waals surface area contributed by atoms with Gasteiger partial charge in [0, 0.05) is 12.3 Å². The van der Waals surface area contributed by atoms with Gasteiger partial charge < -0.3 is 10.7 Å². The minimum atomic E-state index is -1.11. The second-order valence-electron chi connectivity index (χ2n) is 2.95. The van der Waals surface area contributed by atoms with Crippen LogP contribution in [0.25, 0.3) is 10.9 Å². The number of halogens is 3. The molecule has 0 aliphatic carbocycles. The molecule has 15 heavy (non-hydrogen) atoms. The van der Waals surface area contributed by atoms with E-state index in [1.807, 2.05) is 0 Å². The Morgan fingerprint density at radius 3 is 2.67 bits per heavy atom. The number of nitrogens with one attached hydrogen (secondary N) is 1. The Kier molecular flexibility index (Phi) is 2.12. The SMILES string of the molecule is Nc1c(F)c(Cl)c2c(=O)cc[nH]c2c1F. The Balaban J connectivity index is 3.15. The molecule has 6 heteroatoms. The molecular weight excluding hydrogens is 226 g/mol. The molecule has 3 N–H and O–H groups in total. The van der Waals surface area contributed by atoms with Crippen LogP contribution in [0.1, 0.15) is 0 Å². The van der Waals surface area contributed by atoms with Gasteiger partial charge in [0.1, 0.15) is 5.69 Å². The first-order valence-electron chi connectivity index (χ1n) is 3.97. The van der Waals surface area contributed by atoms with Gasteiger partial charge in [-0.1, -0.05) is 11.6 Å². The fourth-order valence-corrected chi connectivity index (χ4v) is 1.62. The maximum absolute atomic E-state index is 13.4. The molecule has 0 spiro atoms. The van der Waals surface area contributed by atoms with Gasteiger partial charge in [0.15, 0.2) is 17.1 Å². The molecule has 1 aromatic heterocycles. The highest BCUT2D eigenvalue weighted by molar-refractivity contribution is 6.35.